The largest absolute Gasteiger partial charge is 0.497 e. The molecular weight excluding hydrogens is 328 g/mol. The molecule has 0 fully saturated rings. The lowest BCUT2D eigenvalue weighted by Gasteiger charge is -2.29. The van der Waals surface area contributed by atoms with E-state index in [9.17, 15) is 13.2 Å². The van der Waals surface area contributed by atoms with Gasteiger partial charge in [0.1, 0.15) is 10.6 Å². The Labute approximate surface area is 132 Å². The number of nitrogens with zero attached hydrogens (tertiary/aromatic N) is 1. The summed E-state index contributed by atoms with van der Waals surface area (Å²) < 4.78 is 31.1. The van der Waals surface area contributed by atoms with Crippen molar-refractivity contribution in [1.82, 2.24) is 0 Å². The third kappa shape index (κ3) is 2.28. The third-order valence-corrected chi connectivity index (χ3v) is 5.18. The van der Waals surface area contributed by atoms with Crippen LogP contribution in [0.15, 0.2) is 47.4 Å². The van der Waals surface area contributed by atoms with Crippen molar-refractivity contribution in [2.24, 2.45) is 0 Å². The number of benzene rings is 2. The molecule has 0 spiro atoms. The fraction of sp³-hybridized carbons (Fsp3) is 0.0714. The second-order valence-corrected chi connectivity index (χ2v) is 6.73. The smallest absolute Gasteiger partial charge is 0.340 e. The second kappa shape index (κ2) is 5.19. The standard InChI is InChI=1S/C14H11ClN2O4S/c1-21-11-5-6-13-12(8-11)16-14(18)17(22(13,19)20)10-4-2-3-9(15)7-10/h2-8H,1H3,(H,16,18). The molecule has 1 aliphatic heterocycles. The molecule has 1 heterocycles. The highest BCUT2D eigenvalue weighted by Crippen LogP contribution is 2.36. The molecule has 22 heavy (non-hydrogen) atoms. The Hall–Kier alpha value is -2.25. The number of urea groups is 1. The predicted octanol–water partition coefficient (Wildman–Crippen LogP) is 3.09. The van der Waals surface area contributed by atoms with Crippen LogP contribution in [-0.4, -0.2) is 21.6 Å². The molecular formula is C14H11ClN2O4S. The van der Waals surface area contributed by atoms with Gasteiger partial charge in [0.05, 0.1) is 18.5 Å². The van der Waals surface area contributed by atoms with E-state index in [4.69, 9.17) is 16.3 Å². The van der Waals surface area contributed by atoms with Crippen LogP contribution in [-0.2, 0) is 10.0 Å². The van der Waals surface area contributed by atoms with Crippen LogP contribution in [0.2, 0.25) is 5.02 Å². The lowest BCUT2D eigenvalue weighted by atomic mass is 10.3. The Bertz CT molecular complexity index is 867. The number of carbonyl (C=O) groups excluding carboxylic acids is 1. The van der Waals surface area contributed by atoms with E-state index < -0.39 is 16.1 Å². The summed E-state index contributed by atoms with van der Waals surface area (Å²) in [4.78, 5) is 12.2. The van der Waals surface area contributed by atoms with Gasteiger partial charge in [-0.25, -0.2) is 13.2 Å². The number of carbonyl (C=O) groups is 1. The summed E-state index contributed by atoms with van der Waals surface area (Å²) in [5, 5.41) is 2.88. The first-order chi connectivity index (χ1) is 10.4. The second-order valence-electron chi connectivity index (χ2n) is 4.54. The Morgan fingerprint density at radius 2 is 1.95 bits per heavy atom. The van der Waals surface area contributed by atoms with Crippen LogP contribution in [0.1, 0.15) is 0 Å². The van der Waals surface area contributed by atoms with Gasteiger partial charge in [-0.15, -0.1) is 0 Å². The molecule has 1 aliphatic rings. The van der Waals surface area contributed by atoms with Crippen molar-refractivity contribution in [2.75, 3.05) is 16.7 Å². The number of hydrogen-bond acceptors (Lipinski definition) is 4. The molecule has 0 aromatic heterocycles. The average Bonchev–Trinajstić information content (AvgIpc) is 2.46. The highest BCUT2D eigenvalue weighted by molar-refractivity contribution is 7.94. The molecule has 3 rings (SSSR count). The maximum atomic E-state index is 12.7. The first-order valence-corrected chi connectivity index (χ1v) is 8.05. The fourth-order valence-corrected chi connectivity index (χ4v) is 3.85. The van der Waals surface area contributed by atoms with E-state index in [2.05, 4.69) is 5.32 Å². The summed E-state index contributed by atoms with van der Waals surface area (Å²) in [6.45, 7) is 0. The Kier molecular flexibility index (Phi) is 3.46. The number of methoxy groups -OCH3 is 1. The molecule has 2 amide bonds. The van der Waals surface area contributed by atoms with Gasteiger partial charge in [-0.3, -0.25) is 0 Å². The van der Waals surface area contributed by atoms with Gasteiger partial charge in [0.15, 0.2) is 0 Å². The van der Waals surface area contributed by atoms with Crippen LogP contribution in [0.25, 0.3) is 0 Å². The van der Waals surface area contributed by atoms with Gasteiger partial charge >= 0.3 is 6.03 Å². The number of amides is 2. The van der Waals surface area contributed by atoms with E-state index in [1.165, 1.54) is 37.4 Å². The predicted molar refractivity (Wildman–Crippen MR) is 83.1 cm³/mol. The highest BCUT2D eigenvalue weighted by Gasteiger charge is 2.38. The van der Waals surface area contributed by atoms with Gasteiger partial charge in [-0.2, -0.15) is 4.31 Å². The van der Waals surface area contributed by atoms with Crippen LogP contribution in [0.4, 0.5) is 16.2 Å². The summed E-state index contributed by atoms with van der Waals surface area (Å²) >= 11 is 5.87. The topological polar surface area (TPSA) is 75.7 Å². The molecule has 0 atom stereocenters. The van der Waals surface area contributed by atoms with Crippen LogP contribution in [0, 0.1) is 0 Å². The minimum Gasteiger partial charge on any atom is -0.497 e. The normalized spacial score (nSPS) is 15.9. The molecule has 0 aliphatic carbocycles. The molecule has 2 aromatic rings. The summed E-state index contributed by atoms with van der Waals surface area (Å²) in [5.41, 5.74) is 0.356. The molecule has 0 saturated heterocycles. The molecule has 6 nitrogen and oxygen atoms in total. The number of rotatable bonds is 2. The third-order valence-electron chi connectivity index (χ3n) is 3.17. The Balaban J connectivity index is 2.17. The minimum atomic E-state index is -4.02. The maximum absolute atomic E-state index is 12.7. The van der Waals surface area contributed by atoms with Gasteiger partial charge in [0, 0.05) is 11.1 Å². The zero-order chi connectivity index (χ0) is 15.9. The molecule has 0 saturated carbocycles. The van der Waals surface area contributed by atoms with E-state index in [0.29, 0.717) is 15.1 Å². The number of hydrogen-bond donors (Lipinski definition) is 1. The van der Waals surface area contributed by atoms with Crippen molar-refractivity contribution in [3.63, 3.8) is 0 Å². The van der Waals surface area contributed by atoms with Gasteiger partial charge in [0.2, 0.25) is 0 Å². The molecule has 0 bridgehead atoms. The fourth-order valence-electron chi connectivity index (χ4n) is 2.19. The lowest BCUT2D eigenvalue weighted by molar-refractivity contribution is 0.259. The van der Waals surface area contributed by atoms with Crippen molar-refractivity contribution >= 4 is 39.0 Å². The summed E-state index contributed by atoms with van der Waals surface area (Å²) in [7, 11) is -2.56. The Morgan fingerprint density at radius 1 is 1.18 bits per heavy atom. The molecule has 0 radical (unpaired) electrons. The zero-order valence-electron chi connectivity index (χ0n) is 11.4. The summed E-state index contributed by atoms with van der Waals surface area (Å²) in [6, 6.07) is 9.67. The maximum Gasteiger partial charge on any atom is 0.340 e. The van der Waals surface area contributed by atoms with Crippen molar-refractivity contribution in [1.29, 1.82) is 0 Å². The highest BCUT2D eigenvalue weighted by atomic mass is 35.5. The van der Waals surface area contributed by atoms with Crippen LogP contribution in [0.5, 0.6) is 5.75 Å². The first kappa shape index (κ1) is 14.7. The van der Waals surface area contributed by atoms with Crippen molar-refractivity contribution in [3.8, 4) is 5.75 Å². The number of sulfonamides is 1. The number of halogens is 1. The number of nitrogens with one attached hydrogen (secondary N) is 1. The number of anilines is 2. The van der Waals surface area contributed by atoms with Crippen molar-refractivity contribution < 1.29 is 17.9 Å². The molecule has 8 heteroatoms. The van der Waals surface area contributed by atoms with Gasteiger partial charge < -0.3 is 10.1 Å². The van der Waals surface area contributed by atoms with Crippen molar-refractivity contribution in [3.05, 3.63) is 47.5 Å². The first-order valence-electron chi connectivity index (χ1n) is 6.23. The molecule has 1 N–H and O–H groups in total. The van der Waals surface area contributed by atoms with E-state index in [0.717, 1.165) is 0 Å². The molecule has 114 valence electrons. The van der Waals surface area contributed by atoms with E-state index >= 15 is 0 Å². The summed E-state index contributed by atoms with van der Waals surface area (Å²) in [6.07, 6.45) is 0. The SMILES string of the molecule is COc1ccc2c(c1)NC(=O)N(c1cccc(Cl)c1)S2(=O)=O. The van der Waals surface area contributed by atoms with Crippen LogP contribution < -0.4 is 14.4 Å². The zero-order valence-corrected chi connectivity index (χ0v) is 13.0. The van der Waals surface area contributed by atoms with E-state index in [1.807, 2.05) is 0 Å². The van der Waals surface area contributed by atoms with Crippen molar-refractivity contribution in [2.45, 2.75) is 4.90 Å². The van der Waals surface area contributed by atoms with Gasteiger partial charge in [-0.05, 0) is 30.3 Å². The quantitative estimate of drug-likeness (QED) is 0.913. The minimum absolute atomic E-state index is 0.00660. The monoisotopic (exact) mass is 338 g/mol. The van der Waals surface area contributed by atoms with Crippen LogP contribution in [0.3, 0.4) is 0 Å². The van der Waals surface area contributed by atoms with E-state index in [-0.39, 0.29) is 16.3 Å². The number of ether oxygens (including phenoxy) is 1. The Morgan fingerprint density at radius 3 is 2.64 bits per heavy atom. The summed E-state index contributed by atoms with van der Waals surface area (Å²) in [5.74, 6) is 0.449. The lowest BCUT2D eigenvalue weighted by Crippen LogP contribution is -2.44. The van der Waals surface area contributed by atoms with Crippen LogP contribution >= 0.6 is 11.6 Å². The number of fused-ring (bicyclic) bond motifs is 1. The van der Waals surface area contributed by atoms with Gasteiger partial charge in [-0.1, -0.05) is 17.7 Å². The van der Waals surface area contributed by atoms with E-state index in [1.54, 1.807) is 12.1 Å². The van der Waals surface area contributed by atoms with Gasteiger partial charge in [0.25, 0.3) is 10.0 Å². The molecule has 2 aromatic carbocycles. The molecule has 0 unspecified atom stereocenters. The average molecular weight is 339 g/mol.